The Kier molecular flexibility index (Phi) is 5.88. The summed E-state index contributed by atoms with van der Waals surface area (Å²) in [4.78, 5) is 32.1. The molecule has 0 saturated carbocycles. The van der Waals surface area contributed by atoms with Crippen molar-refractivity contribution in [3.63, 3.8) is 0 Å². The number of anilines is 2. The molecule has 0 aliphatic carbocycles. The molecule has 0 atom stereocenters. The summed E-state index contributed by atoms with van der Waals surface area (Å²) in [6.45, 7) is 3.10. The average Bonchev–Trinajstić information content (AvgIpc) is 3.09. The summed E-state index contributed by atoms with van der Waals surface area (Å²) in [5, 5.41) is 2.45. The number of amides is 2. The molecule has 130 valence electrons. The second kappa shape index (κ2) is 8.31. The minimum absolute atomic E-state index is 0.0151. The Hall–Kier alpha value is -2.12. The van der Waals surface area contributed by atoms with Crippen LogP contribution in [0.5, 0.6) is 0 Å². The van der Waals surface area contributed by atoms with Gasteiger partial charge in [-0.3, -0.25) is 14.5 Å². The zero-order valence-electron chi connectivity index (χ0n) is 13.9. The lowest BCUT2D eigenvalue weighted by molar-refractivity contribution is -0.125. The van der Waals surface area contributed by atoms with Crippen LogP contribution in [-0.4, -0.2) is 46.3 Å². The summed E-state index contributed by atoms with van der Waals surface area (Å²) < 4.78 is 0. The zero-order chi connectivity index (χ0) is 17.6. The first-order valence-corrected chi connectivity index (χ1v) is 10.0. The number of aromatic nitrogens is 1. The Morgan fingerprint density at radius 2 is 1.92 bits per heavy atom. The van der Waals surface area contributed by atoms with E-state index in [1.165, 1.54) is 18.3 Å². The van der Waals surface area contributed by atoms with E-state index >= 15 is 0 Å². The van der Waals surface area contributed by atoms with Crippen molar-refractivity contribution in [3.8, 4) is 0 Å². The van der Waals surface area contributed by atoms with Gasteiger partial charge in [-0.1, -0.05) is 18.2 Å². The molecule has 3 rings (SSSR count). The lowest BCUT2D eigenvalue weighted by Crippen LogP contribution is -2.36. The maximum atomic E-state index is 12.2. The minimum Gasteiger partial charge on any atom is -0.338 e. The summed E-state index contributed by atoms with van der Waals surface area (Å²) in [6, 6.07) is 9.42. The van der Waals surface area contributed by atoms with Gasteiger partial charge >= 0.3 is 0 Å². The topological polar surface area (TPSA) is 53.5 Å². The second-order valence-corrected chi connectivity index (χ2v) is 7.58. The number of carbonyl (C=O) groups is 2. The van der Waals surface area contributed by atoms with E-state index in [4.69, 9.17) is 0 Å². The van der Waals surface area contributed by atoms with Gasteiger partial charge in [-0.25, -0.2) is 4.98 Å². The largest absolute Gasteiger partial charge is 0.338 e. The van der Waals surface area contributed by atoms with E-state index in [0.29, 0.717) is 10.8 Å². The fourth-order valence-electron chi connectivity index (χ4n) is 2.51. The van der Waals surface area contributed by atoms with Gasteiger partial charge in [-0.15, -0.1) is 11.3 Å². The number of benzene rings is 1. The molecule has 5 nitrogen and oxygen atoms in total. The van der Waals surface area contributed by atoms with Crippen LogP contribution >= 0.6 is 23.1 Å². The fraction of sp³-hybridized carbons (Fsp3) is 0.278. The first-order valence-electron chi connectivity index (χ1n) is 8.01. The van der Waals surface area contributed by atoms with Crippen molar-refractivity contribution < 1.29 is 9.59 Å². The third kappa shape index (κ3) is 4.49. The molecular formula is C18H19N3O2S2. The highest BCUT2D eigenvalue weighted by molar-refractivity contribution is 7.99. The van der Waals surface area contributed by atoms with E-state index in [9.17, 15) is 9.59 Å². The standard InChI is InChI=1S/C18H19N3O2S2/c1-14(22)21(16-5-3-2-4-6-16)18-19-15(13-25-18)7-8-17(23)20-9-11-24-12-10-20/h2-8,13H,9-12H2,1H3/b8-7+. The van der Waals surface area contributed by atoms with Crippen LogP contribution in [0.3, 0.4) is 0 Å². The molecule has 2 amide bonds. The van der Waals surface area contributed by atoms with Crippen LogP contribution in [0, 0.1) is 0 Å². The van der Waals surface area contributed by atoms with Crippen molar-refractivity contribution in [2.75, 3.05) is 29.5 Å². The summed E-state index contributed by atoms with van der Waals surface area (Å²) in [5.41, 5.74) is 1.46. The molecule has 1 fully saturated rings. The van der Waals surface area contributed by atoms with Gasteiger partial charge in [0.1, 0.15) is 0 Å². The quantitative estimate of drug-likeness (QED) is 0.771. The maximum Gasteiger partial charge on any atom is 0.246 e. The summed E-state index contributed by atoms with van der Waals surface area (Å²) in [6.07, 6.45) is 3.28. The molecule has 7 heteroatoms. The number of thioether (sulfide) groups is 1. The van der Waals surface area contributed by atoms with Crippen molar-refractivity contribution in [1.29, 1.82) is 0 Å². The number of para-hydroxylation sites is 1. The van der Waals surface area contributed by atoms with Crippen LogP contribution < -0.4 is 4.90 Å². The van der Waals surface area contributed by atoms with Crippen LogP contribution in [0.25, 0.3) is 6.08 Å². The Morgan fingerprint density at radius 1 is 1.20 bits per heavy atom. The maximum absolute atomic E-state index is 12.2. The highest BCUT2D eigenvalue weighted by Crippen LogP contribution is 2.29. The van der Waals surface area contributed by atoms with Crippen LogP contribution in [0.2, 0.25) is 0 Å². The zero-order valence-corrected chi connectivity index (χ0v) is 15.6. The summed E-state index contributed by atoms with van der Waals surface area (Å²) >= 11 is 3.25. The molecule has 0 unspecified atom stereocenters. The number of rotatable bonds is 4. The normalized spacial score (nSPS) is 14.7. The third-order valence-electron chi connectivity index (χ3n) is 3.75. The summed E-state index contributed by atoms with van der Waals surface area (Å²) in [5.74, 6) is 1.90. The molecule has 1 aliphatic rings. The van der Waals surface area contributed by atoms with E-state index < -0.39 is 0 Å². The SMILES string of the molecule is CC(=O)N(c1ccccc1)c1nc(/C=C/C(=O)N2CCSCC2)cs1. The van der Waals surface area contributed by atoms with Crippen LogP contribution in [0.15, 0.2) is 41.8 Å². The van der Waals surface area contributed by atoms with Crippen molar-refractivity contribution in [3.05, 3.63) is 47.5 Å². The molecule has 2 heterocycles. The molecule has 1 aliphatic heterocycles. The lowest BCUT2D eigenvalue weighted by atomic mass is 10.3. The van der Waals surface area contributed by atoms with E-state index in [1.54, 1.807) is 17.1 Å². The molecule has 25 heavy (non-hydrogen) atoms. The van der Waals surface area contributed by atoms with Crippen LogP contribution in [0.1, 0.15) is 12.6 Å². The molecule has 0 N–H and O–H groups in total. The number of thiazole rings is 1. The summed E-state index contributed by atoms with van der Waals surface area (Å²) in [7, 11) is 0. The Balaban J connectivity index is 1.73. The van der Waals surface area contributed by atoms with Crippen LogP contribution in [-0.2, 0) is 9.59 Å². The van der Waals surface area contributed by atoms with E-state index in [-0.39, 0.29) is 11.8 Å². The van der Waals surface area contributed by atoms with Gasteiger partial charge in [-0.2, -0.15) is 11.8 Å². The molecule has 1 aromatic heterocycles. The van der Waals surface area contributed by atoms with E-state index in [1.807, 2.05) is 52.4 Å². The average molecular weight is 374 g/mol. The first kappa shape index (κ1) is 17.7. The van der Waals surface area contributed by atoms with E-state index in [0.717, 1.165) is 30.3 Å². The van der Waals surface area contributed by atoms with Crippen molar-refractivity contribution in [1.82, 2.24) is 9.88 Å². The lowest BCUT2D eigenvalue weighted by Gasteiger charge is -2.24. The first-order chi connectivity index (χ1) is 12.1. The van der Waals surface area contributed by atoms with Crippen molar-refractivity contribution in [2.24, 2.45) is 0 Å². The number of hydrogen-bond donors (Lipinski definition) is 0. The Morgan fingerprint density at radius 3 is 2.60 bits per heavy atom. The molecule has 0 spiro atoms. The van der Waals surface area contributed by atoms with Gasteiger partial charge in [0.25, 0.3) is 0 Å². The predicted octanol–water partition coefficient (Wildman–Crippen LogP) is 3.42. The Labute approximate surface area is 155 Å². The van der Waals surface area contributed by atoms with Gasteiger partial charge in [0.15, 0.2) is 5.13 Å². The molecule has 1 saturated heterocycles. The monoisotopic (exact) mass is 373 g/mol. The highest BCUT2D eigenvalue weighted by atomic mass is 32.2. The predicted molar refractivity (Wildman–Crippen MR) is 104 cm³/mol. The fourth-order valence-corrected chi connectivity index (χ4v) is 4.26. The molecular weight excluding hydrogens is 354 g/mol. The molecule has 2 aromatic rings. The van der Waals surface area contributed by atoms with Gasteiger partial charge in [-0.05, 0) is 18.2 Å². The number of hydrogen-bond acceptors (Lipinski definition) is 5. The third-order valence-corrected chi connectivity index (χ3v) is 5.54. The number of carbonyl (C=O) groups excluding carboxylic acids is 2. The minimum atomic E-state index is -0.0991. The van der Waals surface area contributed by atoms with Crippen molar-refractivity contribution >= 4 is 51.8 Å². The highest BCUT2D eigenvalue weighted by Gasteiger charge is 2.18. The van der Waals surface area contributed by atoms with Gasteiger partial charge in [0.2, 0.25) is 11.8 Å². The number of nitrogens with zero attached hydrogens (tertiary/aromatic N) is 3. The smallest absolute Gasteiger partial charge is 0.246 e. The molecule has 0 bridgehead atoms. The van der Waals surface area contributed by atoms with E-state index in [2.05, 4.69) is 4.98 Å². The molecule has 1 aromatic carbocycles. The van der Waals surface area contributed by atoms with Gasteiger partial charge < -0.3 is 4.90 Å². The van der Waals surface area contributed by atoms with Crippen LogP contribution in [0.4, 0.5) is 10.8 Å². The molecule has 0 radical (unpaired) electrons. The van der Waals surface area contributed by atoms with Crippen molar-refractivity contribution in [2.45, 2.75) is 6.92 Å². The van der Waals surface area contributed by atoms with Gasteiger partial charge in [0.05, 0.1) is 11.4 Å². The Bertz CT molecular complexity index is 768. The van der Waals surface area contributed by atoms with Gasteiger partial charge in [0, 0.05) is 43.0 Å². The second-order valence-electron chi connectivity index (χ2n) is 5.52.